The molecular formula is C24H26BrN3OS. The molecule has 1 aliphatic heterocycles. The van der Waals surface area contributed by atoms with Crippen LogP contribution in [0.2, 0.25) is 0 Å². The molecular weight excluding hydrogens is 458 g/mol. The molecule has 30 heavy (non-hydrogen) atoms. The Morgan fingerprint density at radius 2 is 1.83 bits per heavy atom. The van der Waals surface area contributed by atoms with Gasteiger partial charge in [-0.05, 0) is 56.5 Å². The number of carbonyl (C=O) groups excluding carboxylic acids is 1. The van der Waals surface area contributed by atoms with E-state index in [9.17, 15) is 4.79 Å². The molecule has 6 heteroatoms. The number of anilines is 1. The van der Waals surface area contributed by atoms with Gasteiger partial charge in [0, 0.05) is 27.9 Å². The topological polar surface area (TPSA) is 45.2 Å². The minimum atomic E-state index is 0.0861. The number of carbonyl (C=O) groups is 1. The predicted octanol–water partition coefficient (Wildman–Crippen LogP) is 5.54. The highest BCUT2D eigenvalue weighted by Gasteiger charge is 2.28. The van der Waals surface area contributed by atoms with E-state index in [0.717, 1.165) is 59.6 Å². The molecule has 1 saturated heterocycles. The van der Waals surface area contributed by atoms with Crippen molar-refractivity contribution in [3.8, 4) is 11.3 Å². The number of nitrogens with zero attached hydrogens (tertiary/aromatic N) is 2. The zero-order chi connectivity index (χ0) is 20.8. The van der Waals surface area contributed by atoms with Crippen molar-refractivity contribution in [3.05, 3.63) is 70.0 Å². The van der Waals surface area contributed by atoms with Gasteiger partial charge in [-0.2, -0.15) is 0 Å². The Morgan fingerprint density at radius 1 is 1.10 bits per heavy atom. The maximum atomic E-state index is 13.4. The highest BCUT2D eigenvalue weighted by molar-refractivity contribution is 9.10. The first-order chi connectivity index (χ1) is 14.7. The summed E-state index contributed by atoms with van der Waals surface area (Å²) in [6.45, 7) is 2.53. The Balaban J connectivity index is 1.51. The minimum Gasteiger partial charge on any atom is -0.317 e. The van der Waals surface area contributed by atoms with E-state index in [-0.39, 0.29) is 11.8 Å². The van der Waals surface area contributed by atoms with Gasteiger partial charge < -0.3 is 5.32 Å². The summed E-state index contributed by atoms with van der Waals surface area (Å²) in [5.41, 5.74) is 3.30. The molecule has 1 aliphatic rings. The normalized spacial score (nSPS) is 14.6. The first kappa shape index (κ1) is 21.2. The molecule has 4 rings (SSSR count). The third-order valence-electron chi connectivity index (χ3n) is 5.51. The quantitative estimate of drug-likeness (QED) is 0.479. The number of piperidine rings is 1. The number of aryl methyl sites for hydroxylation is 1. The Bertz CT molecular complexity index is 952. The summed E-state index contributed by atoms with van der Waals surface area (Å²) < 4.78 is 1.05. The molecule has 0 radical (unpaired) electrons. The van der Waals surface area contributed by atoms with Gasteiger partial charge in [-0.1, -0.05) is 58.4 Å². The summed E-state index contributed by atoms with van der Waals surface area (Å²) in [5, 5.41) is 6.22. The number of aromatic nitrogens is 1. The Labute approximate surface area is 190 Å². The molecule has 1 N–H and O–H groups in total. The maximum Gasteiger partial charge on any atom is 0.231 e. The number of nitrogens with one attached hydrogen (secondary N) is 1. The molecule has 4 nitrogen and oxygen atoms in total. The van der Waals surface area contributed by atoms with Crippen LogP contribution in [0.3, 0.4) is 0 Å². The fourth-order valence-electron chi connectivity index (χ4n) is 3.82. The summed E-state index contributed by atoms with van der Waals surface area (Å²) in [6, 6.07) is 18.6. The van der Waals surface area contributed by atoms with Crippen LogP contribution in [0.4, 0.5) is 5.13 Å². The molecule has 2 aromatic carbocycles. The van der Waals surface area contributed by atoms with Crippen LogP contribution >= 0.6 is 27.3 Å². The molecule has 0 unspecified atom stereocenters. The SMILES string of the molecule is O=C(C1CCNCC1)N(CCCc1ccccc1)c1nc(-c2ccc(Br)cc2)cs1. The zero-order valence-corrected chi connectivity index (χ0v) is 19.3. The number of hydrogen-bond donors (Lipinski definition) is 1. The number of rotatable bonds is 7. The number of halogens is 1. The fraction of sp³-hybridized carbons (Fsp3) is 0.333. The van der Waals surface area contributed by atoms with Gasteiger partial charge in [-0.25, -0.2) is 4.98 Å². The molecule has 0 aliphatic carbocycles. The third kappa shape index (κ3) is 5.36. The van der Waals surface area contributed by atoms with E-state index in [4.69, 9.17) is 4.98 Å². The molecule has 0 saturated carbocycles. The molecule has 156 valence electrons. The average Bonchev–Trinajstić information content (AvgIpc) is 3.28. The van der Waals surface area contributed by atoms with Crippen LogP contribution in [0.15, 0.2) is 64.5 Å². The van der Waals surface area contributed by atoms with Crippen molar-refractivity contribution in [2.75, 3.05) is 24.5 Å². The second-order valence-corrected chi connectivity index (χ2v) is 9.38. The first-order valence-electron chi connectivity index (χ1n) is 10.5. The molecule has 1 amide bonds. The lowest BCUT2D eigenvalue weighted by atomic mass is 9.96. The van der Waals surface area contributed by atoms with Gasteiger partial charge in [-0.3, -0.25) is 9.69 Å². The Hall–Kier alpha value is -2.02. The number of thiazole rings is 1. The van der Waals surface area contributed by atoms with Crippen LogP contribution in [0, 0.1) is 5.92 Å². The van der Waals surface area contributed by atoms with Crippen LogP contribution in [0.25, 0.3) is 11.3 Å². The second kappa shape index (κ2) is 10.3. The van der Waals surface area contributed by atoms with Crippen molar-refractivity contribution >= 4 is 38.3 Å². The molecule has 1 fully saturated rings. The van der Waals surface area contributed by atoms with Crippen molar-refractivity contribution in [1.82, 2.24) is 10.3 Å². The average molecular weight is 484 g/mol. The predicted molar refractivity (Wildman–Crippen MR) is 128 cm³/mol. The largest absolute Gasteiger partial charge is 0.317 e. The van der Waals surface area contributed by atoms with E-state index in [1.165, 1.54) is 5.56 Å². The lowest BCUT2D eigenvalue weighted by Crippen LogP contribution is -2.41. The summed E-state index contributed by atoms with van der Waals surface area (Å²) in [6.07, 6.45) is 3.69. The van der Waals surface area contributed by atoms with Gasteiger partial charge in [0.25, 0.3) is 0 Å². The van der Waals surface area contributed by atoms with Crippen LogP contribution in [-0.2, 0) is 11.2 Å². The van der Waals surface area contributed by atoms with Gasteiger partial charge in [0.05, 0.1) is 5.69 Å². The summed E-state index contributed by atoms with van der Waals surface area (Å²) in [5.74, 6) is 0.310. The first-order valence-corrected chi connectivity index (χ1v) is 12.2. The third-order valence-corrected chi connectivity index (χ3v) is 6.90. The molecule has 1 aromatic heterocycles. The lowest BCUT2D eigenvalue weighted by molar-refractivity contribution is -0.123. The highest BCUT2D eigenvalue weighted by atomic mass is 79.9. The van der Waals surface area contributed by atoms with Gasteiger partial charge in [0.2, 0.25) is 5.91 Å². The number of amides is 1. The van der Waals surface area contributed by atoms with E-state index in [1.54, 1.807) is 11.3 Å². The van der Waals surface area contributed by atoms with Gasteiger partial charge in [0.15, 0.2) is 5.13 Å². The summed E-state index contributed by atoms with van der Waals surface area (Å²) in [7, 11) is 0. The minimum absolute atomic E-state index is 0.0861. The Morgan fingerprint density at radius 3 is 2.57 bits per heavy atom. The van der Waals surface area contributed by atoms with Crippen molar-refractivity contribution in [2.45, 2.75) is 25.7 Å². The molecule has 2 heterocycles. The van der Waals surface area contributed by atoms with E-state index >= 15 is 0 Å². The monoisotopic (exact) mass is 483 g/mol. The maximum absolute atomic E-state index is 13.4. The Kier molecular flexibility index (Phi) is 7.31. The summed E-state index contributed by atoms with van der Waals surface area (Å²) in [4.78, 5) is 20.2. The van der Waals surface area contributed by atoms with Crippen molar-refractivity contribution in [3.63, 3.8) is 0 Å². The molecule has 0 atom stereocenters. The van der Waals surface area contributed by atoms with Crippen molar-refractivity contribution in [1.29, 1.82) is 0 Å². The van der Waals surface area contributed by atoms with Crippen LogP contribution in [0.1, 0.15) is 24.8 Å². The van der Waals surface area contributed by atoms with E-state index in [0.29, 0.717) is 6.54 Å². The van der Waals surface area contributed by atoms with Crippen molar-refractivity contribution in [2.24, 2.45) is 5.92 Å². The molecule has 3 aromatic rings. The zero-order valence-electron chi connectivity index (χ0n) is 16.9. The number of hydrogen-bond acceptors (Lipinski definition) is 4. The van der Waals surface area contributed by atoms with E-state index in [1.807, 2.05) is 23.1 Å². The van der Waals surface area contributed by atoms with E-state index in [2.05, 4.69) is 63.0 Å². The van der Waals surface area contributed by atoms with Gasteiger partial charge in [-0.15, -0.1) is 11.3 Å². The highest BCUT2D eigenvalue weighted by Crippen LogP contribution is 2.30. The van der Waals surface area contributed by atoms with Crippen LogP contribution < -0.4 is 10.2 Å². The van der Waals surface area contributed by atoms with Gasteiger partial charge >= 0.3 is 0 Å². The van der Waals surface area contributed by atoms with Gasteiger partial charge in [0.1, 0.15) is 0 Å². The second-order valence-electron chi connectivity index (χ2n) is 7.63. The van der Waals surface area contributed by atoms with Crippen molar-refractivity contribution < 1.29 is 4.79 Å². The van der Waals surface area contributed by atoms with Crippen LogP contribution in [-0.4, -0.2) is 30.5 Å². The standard InChI is InChI=1S/C24H26BrN3OS/c25-21-10-8-19(9-11-21)22-17-30-24(27-22)28(23(29)20-12-14-26-15-13-20)16-4-7-18-5-2-1-3-6-18/h1-3,5-6,8-11,17,20,26H,4,7,12-16H2. The summed E-state index contributed by atoms with van der Waals surface area (Å²) >= 11 is 5.04. The molecule has 0 bridgehead atoms. The lowest BCUT2D eigenvalue weighted by Gasteiger charge is -2.28. The number of benzene rings is 2. The van der Waals surface area contributed by atoms with E-state index < -0.39 is 0 Å². The smallest absolute Gasteiger partial charge is 0.231 e. The molecule has 0 spiro atoms. The fourth-order valence-corrected chi connectivity index (χ4v) is 4.95. The van der Waals surface area contributed by atoms with Crippen LogP contribution in [0.5, 0.6) is 0 Å².